The van der Waals surface area contributed by atoms with Crippen molar-refractivity contribution in [2.24, 2.45) is 0 Å². The van der Waals surface area contributed by atoms with Gasteiger partial charge in [-0.2, -0.15) is 12.6 Å². The summed E-state index contributed by atoms with van der Waals surface area (Å²) >= 11 is 6.03. The number of thiazole rings is 1. The molecule has 2 aromatic rings. The van der Waals surface area contributed by atoms with Gasteiger partial charge in [-0.25, -0.2) is 4.98 Å². The molecular formula is C15H18N2OS2. The summed E-state index contributed by atoms with van der Waals surface area (Å²) in [7, 11) is 1.82. The molecule has 1 amide bonds. The Morgan fingerprint density at radius 1 is 1.40 bits per heavy atom. The first-order valence-electron chi connectivity index (χ1n) is 6.44. The molecule has 1 aromatic heterocycles. The molecule has 1 atom stereocenters. The third-order valence-corrected chi connectivity index (χ3v) is 4.48. The summed E-state index contributed by atoms with van der Waals surface area (Å²) in [5.74, 6) is 0.0463. The van der Waals surface area contributed by atoms with E-state index in [9.17, 15) is 4.79 Å². The highest BCUT2D eigenvalue weighted by Crippen LogP contribution is 2.16. The number of aromatic nitrogens is 1. The second-order valence-corrected chi connectivity index (χ2v) is 6.32. The molecule has 0 fully saturated rings. The molecule has 0 aliphatic rings. The third kappa shape index (κ3) is 3.84. The zero-order valence-corrected chi connectivity index (χ0v) is 13.3. The van der Waals surface area contributed by atoms with Crippen LogP contribution >= 0.6 is 24.0 Å². The standard InChI is InChI=1S/C15H18N2OS2/c1-11-14(20-10-16-11)9-17(2)15(18)13(19)8-12-6-4-3-5-7-12/h3-7,10,13,19H,8-9H2,1-2H3. The largest absolute Gasteiger partial charge is 0.340 e. The fourth-order valence-corrected chi connectivity index (χ4v) is 3.19. The summed E-state index contributed by atoms with van der Waals surface area (Å²) in [5, 5.41) is -0.310. The van der Waals surface area contributed by atoms with Gasteiger partial charge >= 0.3 is 0 Å². The zero-order chi connectivity index (χ0) is 14.5. The Morgan fingerprint density at radius 3 is 2.70 bits per heavy atom. The molecule has 0 saturated heterocycles. The van der Waals surface area contributed by atoms with Crippen molar-refractivity contribution in [3.63, 3.8) is 0 Å². The number of hydrogen-bond acceptors (Lipinski definition) is 4. The predicted octanol–water partition coefficient (Wildman–Crippen LogP) is 2.95. The minimum Gasteiger partial charge on any atom is -0.340 e. The van der Waals surface area contributed by atoms with Gasteiger partial charge in [0.05, 0.1) is 23.0 Å². The Morgan fingerprint density at radius 2 is 2.10 bits per heavy atom. The van der Waals surface area contributed by atoms with Gasteiger partial charge in [-0.05, 0) is 18.9 Å². The number of rotatable bonds is 5. The molecule has 1 heterocycles. The summed E-state index contributed by atoms with van der Waals surface area (Å²) < 4.78 is 0. The Labute approximate surface area is 129 Å². The maximum Gasteiger partial charge on any atom is 0.235 e. The van der Waals surface area contributed by atoms with Crippen LogP contribution in [0.5, 0.6) is 0 Å². The van der Waals surface area contributed by atoms with Gasteiger partial charge in [-0.3, -0.25) is 4.79 Å². The quantitative estimate of drug-likeness (QED) is 0.862. The molecule has 20 heavy (non-hydrogen) atoms. The van der Waals surface area contributed by atoms with Crippen molar-refractivity contribution in [3.05, 3.63) is 52.0 Å². The molecule has 0 saturated carbocycles. The Kier molecular flexibility index (Phi) is 5.20. The molecule has 3 nitrogen and oxygen atoms in total. The van der Waals surface area contributed by atoms with E-state index >= 15 is 0 Å². The maximum absolute atomic E-state index is 12.3. The molecule has 5 heteroatoms. The van der Waals surface area contributed by atoms with Crippen LogP contribution in [0.25, 0.3) is 0 Å². The van der Waals surface area contributed by atoms with Crippen molar-refractivity contribution in [1.29, 1.82) is 0 Å². The molecule has 0 aliphatic carbocycles. The van der Waals surface area contributed by atoms with Gasteiger partial charge in [0.25, 0.3) is 0 Å². The molecule has 0 radical (unpaired) electrons. The zero-order valence-electron chi connectivity index (χ0n) is 11.6. The summed E-state index contributed by atoms with van der Waals surface area (Å²) in [6.45, 7) is 2.56. The first kappa shape index (κ1) is 15.1. The van der Waals surface area contributed by atoms with E-state index in [1.165, 1.54) is 0 Å². The van der Waals surface area contributed by atoms with E-state index in [2.05, 4.69) is 17.6 Å². The normalized spacial score (nSPS) is 12.2. The number of amides is 1. The topological polar surface area (TPSA) is 33.2 Å². The second-order valence-electron chi connectivity index (χ2n) is 4.76. The van der Waals surface area contributed by atoms with Crippen LogP contribution in [0, 0.1) is 6.92 Å². The molecular weight excluding hydrogens is 288 g/mol. The molecule has 0 spiro atoms. The van der Waals surface area contributed by atoms with Gasteiger partial charge in [0.15, 0.2) is 0 Å². The molecule has 0 aliphatic heterocycles. The molecule has 1 unspecified atom stereocenters. The smallest absolute Gasteiger partial charge is 0.235 e. The fraction of sp³-hybridized carbons (Fsp3) is 0.333. The average molecular weight is 306 g/mol. The lowest BCUT2D eigenvalue weighted by atomic mass is 10.1. The maximum atomic E-state index is 12.3. The number of thiol groups is 1. The first-order chi connectivity index (χ1) is 9.58. The monoisotopic (exact) mass is 306 g/mol. The highest BCUT2D eigenvalue weighted by molar-refractivity contribution is 7.81. The van der Waals surface area contributed by atoms with Crippen molar-refractivity contribution in [2.75, 3.05) is 7.05 Å². The summed E-state index contributed by atoms with van der Waals surface area (Å²) in [4.78, 5) is 19.4. The lowest BCUT2D eigenvalue weighted by Crippen LogP contribution is -2.34. The minimum absolute atomic E-state index is 0.0463. The molecule has 1 aromatic carbocycles. The van der Waals surface area contributed by atoms with E-state index in [0.29, 0.717) is 13.0 Å². The van der Waals surface area contributed by atoms with Crippen LogP contribution in [0.3, 0.4) is 0 Å². The van der Waals surface area contributed by atoms with Gasteiger partial charge in [0, 0.05) is 11.9 Å². The van der Waals surface area contributed by atoms with E-state index in [-0.39, 0.29) is 11.2 Å². The lowest BCUT2D eigenvalue weighted by Gasteiger charge is -2.20. The molecule has 0 N–H and O–H groups in total. The van der Waals surface area contributed by atoms with Crippen LogP contribution in [0.1, 0.15) is 16.1 Å². The van der Waals surface area contributed by atoms with Crippen LogP contribution in [0.4, 0.5) is 0 Å². The van der Waals surface area contributed by atoms with Gasteiger partial charge in [-0.1, -0.05) is 30.3 Å². The molecule has 0 bridgehead atoms. The van der Waals surface area contributed by atoms with E-state index in [1.807, 2.05) is 49.8 Å². The predicted molar refractivity (Wildman–Crippen MR) is 86.2 cm³/mol. The number of carbonyl (C=O) groups excluding carboxylic acids is 1. The van der Waals surface area contributed by atoms with Gasteiger partial charge in [0.2, 0.25) is 5.91 Å². The average Bonchev–Trinajstić information content (AvgIpc) is 2.84. The Hall–Kier alpha value is -1.33. The highest BCUT2D eigenvalue weighted by Gasteiger charge is 2.19. The minimum atomic E-state index is -0.310. The van der Waals surface area contributed by atoms with Crippen molar-refractivity contribution >= 4 is 29.9 Å². The van der Waals surface area contributed by atoms with Crippen LogP contribution in [0.15, 0.2) is 35.8 Å². The Balaban J connectivity index is 1.94. The SMILES string of the molecule is Cc1ncsc1CN(C)C(=O)C(S)Cc1ccccc1. The van der Waals surface area contributed by atoms with E-state index in [4.69, 9.17) is 0 Å². The van der Waals surface area contributed by atoms with Crippen molar-refractivity contribution in [2.45, 2.75) is 25.1 Å². The van der Waals surface area contributed by atoms with Gasteiger partial charge in [-0.15, -0.1) is 11.3 Å². The highest BCUT2D eigenvalue weighted by atomic mass is 32.1. The summed E-state index contributed by atoms with van der Waals surface area (Å²) in [6, 6.07) is 9.96. The molecule has 2 rings (SSSR count). The van der Waals surface area contributed by atoms with Crippen molar-refractivity contribution in [1.82, 2.24) is 9.88 Å². The van der Waals surface area contributed by atoms with Crippen LogP contribution in [-0.4, -0.2) is 28.1 Å². The van der Waals surface area contributed by atoms with Crippen molar-refractivity contribution < 1.29 is 4.79 Å². The second kappa shape index (κ2) is 6.90. The molecule has 106 valence electrons. The van der Waals surface area contributed by atoms with Crippen LogP contribution in [-0.2, 0) is 17.8 Å². The number of nitrogens with zero attached hydrogens (tertiary/aromatic N) is 2. The van der Waals surface area contributed by atoms with Crippen LogP contribution in [0.2, 0.25) is 0 Å². The first-order valence-corrected chi connectivity index (χ1v) is 7.83. The van der Waals surface area contributed by atoms with E-state index in [0.717, 1.165) is 16.1 Å². The summed E-state index contributed by atoms with van der Waals surface area (Å²) in [6.07, 6.45) is 0.648. The number of hydrogen-bond donors (Lipinski definition) is 1. The number of aryl methyl sites for hydroxylation is 1. The summed E-state index contributed by atoms with van der Waals surface area (Å²) in [5.41, 5.74) is 3.93. The van der Waals surface area contributed by atoms with Gasteiger partial charge in [0.1, 0.15) is 0 Å². The van der Waals surface area contributed by atoms with E-state index < -0.39 is 0 Å². The number of benzene rings is 1. The number of carbonyl (C=O) groups is 1. The fourth-order valence-electron chi connectivity index (χ4n) is 1.95. The Bertz CT molecular complexity index is 568. The third-order valence-electron chi connectivity index (χ3n) is 3.16. The van der Waals surface area contributed by atoms with E-state index in [1.54, 1.807) is 16.2 Å². The van der Waals surface area contributed by atoms with Crippen LogP contribution < -0.4 is 0 Å². The van der Waals surface area contributed by atoms with Gasteiger partial charge < -0.3 is 4.90 Å². The lowest BCUT2D eigenvalue weighted by molar-refractivity contribution is -0.129. The van der Waals surface area contributed by atoms with Crippen molar-refractivity contribution in [3.8, 4) is 0 Å².